The minimum Gasteiger partial charge on any atom is -0.486 e. The third-order valence-corrected chi connectivity index (χ3v) is 14.5. The number of hydrogen-bond acceptors (Lipinski definition) is 10. The number of sulfonamides is 1. The van der Waals surface area contributed by atoms with Crippen molar-refractivity contribution < 1.29 is 60.1 Å². The third-order valence-electron chi connectivity index (χ3n) is 12.3. The lowest BCUT2D eigenvalue weighted by molar-refractivity contribution is -0.184. The molecule has 3 N–H and O–H groups in total. The Morgan fingerprint density at radius 1 is 1.12 bits per heavy atom. The first kappa shape index (κ1) is 41.4. The predicted molar refractivity (Wildman–Crippen MR) is 201 cm³/mol. The number of benzene rings is 1. The van der Waals surface area contributed by atoms with Crippen LogP contribution in [0.25, 0.3) is 10.8 Å². The normalized spacial score (nSPS) is 30.7. The smallest absolute Gasteiger partial charge is 0.408 e. The minimum absolute atomic E-state index is 0.0506. The highest BCUT2D eigenvalue weighted by molar-refractivity contribution is 7.91. The Labute approximate surface area is 333 Å². The van der Waals surface area contributed by atoms with Crippen molar-refractivity contribution >= 4 is 44.6 Å². The summed E-state index contributed by atoms with van der Waals surface area (Å²) >= 11 is 0. The zero-order chi connectivity index (χ0) is 41.9. The second kappa shape index (κ2) is 15.1. The first-order valence-corrected chi connectivity index (χ1v) is 21.0. The maximum atomic E-state index is 14.9. The fourth-order valence-electron chi connectivity index (χ4n) is 8.44. The molecule has 2 aliphatic carbocycles. The predicted octanol–water partition coefficient (Wildman–Crippen LogP) is 4.54. The zero-order valence-corrected chi connectivity index (χ0v) is 33.4. The van der Waals surface area contributed by atoms with E-state index in [0.29, 0.717) is 68.1 Å². The van der Waals surface area contributed by atoms with Gasteiger partial charge in [0.1, 0.15) is 43.0 Å². The molecule has 316 valence electrons. The van der Waals surface area contributed by atoms with E-state index in [0.717, 1.165) is 4.90 Å². The molecule has 3 fully saturated rings. The Balaban J connectivity index is 1.27. The maximum Gasteiger partial charge on any atom is 0.408 e. The molecule has 0 unspecified atom stereocenters. The van der Waals surface area contributed by atoms with Crippen molar-refractivity contribution in [2.75, 3.05) is 19.8 Å². The van der Waals surface area contributed by atoms with Crippen LogP contribution >= 0.6 is 0 Å². The number of ether oxygens (including phenoxy) is 3. The molecule has 1 saturated heterocycles. The number of carbonyl (C=O) groups excluding carboxylic acids is 3. The van der Waals surface area contributed by atoms with Gasteiger partial charge in [-0.15, -0.1) is 0 Å². The number of allylic oxidation sites excluding steroid dienone is 1. The monoisotopic (exact) mass is 835 g/mol. The van der Waals surface area contributed by atoms with Gasteiger partial charge in [-0.1, -0.05) is 26.0 Å². The number of nitrogens with zero attached hydrogens (tertiary/aromatic N) is 3. The number of rotatable bonds is 7. The van der Waals surface area contributed by atoms with E-state index in [1.54, 1.807) is 30.4 Å². The van der Waals surface area contributed by atoms with Crippen LogP contribution in [0.4, 0.5) is 18.0 Å². The molecule has 15 nitrogen and oxygen atoms in total. The van der Waals surface area contributed by atoms with Crippen LogP contribution in [0.1, 0.15) is 72.6 Å². The number of carbonyl (C=O) groups is 4. The number of hydrogen-bond donors (Lipinski definition) is 3. The lowest BCUT2D eigenvalue weighted by Gasteiger charge is -2.40. The van der Waals surface area contributed by atoms with Crippen molar-refractivity contribution in [1.29, 1.82) is 0 Å². The van der Waals surface area contributed by atoms with Gasteiger partial charge in [0.25, 0.3) is 5.91 Å². The molecule has 0 spiro atoms. The molecule has 3 aliphatic heterocycles. The molecule has 8 atom stereocenters. The summed E-state index contributed by atoms with van der Waals surface area (Å²) in [5.74, 6) is -3.50. The summed E-state index contributed by atoms with van der Waals surface area (Å²) in [4.78, 5) is 61.6. The van der Waals surface area contributed by atoms with Gasteiger partial charge in [0, 0.05) is 29.3 Å². The van der Waals surface area contributed by atoms with Gasteiger partial charge in [-0.25, -0.2) is 18.2 Å². The van der Waals surface area contributed by atoms with Gasteiger partial charge in [0.2, 0.25) is 27.7 Å². The molecule has 4 heterocycles. The van der Waals surface area contributed by atoms with Crippen molar-refractivity contribution in [1.82, 2.24) is 24.8 Å². The second-order valence-corrected chi connectivity index (χ2v) is 18.8. The highest BCUT2D eigenvalue weighted by Crippen LogP contribution is 2.48. The molecule has 4 amide bonds. The van der Waals surface area contributed by atoms with Gasteiger partial charge in [-0.05, 0) is 82.4 Å². The Kier molecular flexibility index (Phi) is 10.8. The van der Waals surface area contributed by atoms with Crippen LogP contribution in [0.2, 0.25) is 0 Å². The lowest BCUT2D eigenvalue weighted by Crippen LogP contribution is -2.62. The average Bonchev–Trinajstić information content (AvgIpc) is 4.04. The molecule has 19 heteroatoms. The summed E-state index contributed by atoms with van der Waals surface area (Å²) in [5.41, 5.74) is -1.71. The van der Waals surface area contributed by atoms with E-state index in [4.69, 9.17) is 14.2 Å². The molecule has 0 radical (unpaired) electrons. The molecule has 0 bridgehead atoms. The summed E-state index contributed by atoms with van der Waals surface area (Å²) in [6, 6.07) is -0.839. The minimum atomic E-state index is -5.04. The molecule has 5 aliphatic rings. The Morgan fingerprint density at radius 2 is 1.84 bits per heavy atom. The number of nitrogens with one attached hydrogen (secondary N) is 2. The van der Waals surface area contributed by atoms with Crippen LogP contribution in [-0.2, 0) is 24.4 Å². The molecule has 1 aromatic heterocycles. The van der Waals surface area contributed by atoms with E-state index in [1.807, 2.05) is 6.92 Å². The van der Waals surface area contributed by atoms with Crippen LogP contribution in [-0.4, -0.2) is 113 Å². The van der Waals surface area contributed by atoms with Crippen molar-refractivity contribution in [3.05, 3.63) is 36.5 Å². The first-order valence-electron chi connectivity index (χ1n) is 19.5. The average molecular weight is 836 g/mol. The van der Waals surface area contributed by atoms with Gasteiger partial charge in [0.15, 0.2) is 11.5 Å². The summed E-state index contributed by atoms with van der Waals surface area (Å²) in [7, 11) is -4.12. The fourth-order valence-corrected chi connectivity index (χ4v) is 9.76. The first-order chi connectivity index (χ1) is 27.3. The molecular formula is C39H48F3N5O10S. The molecule has 2 saturated carbocycles. The van der Waals surface area contributed by atoms with Gasteiger partial charge in [0.05, 0.1) is 11.3 Å². The zero-order valence-electron chi connectivity index (χ0n) is 32.6. The van der Waals surface area contributed by atoms with Crippen molar-refractivity contribution in [2.45, 2.75) is 113 Å². The van der Waals surface area contributed by atoms with Gasteiger partial charge < -0.3 is 29.5 Å². The highest BCUT2D eigenvalue weighted by atomic mass is 32.2. The maximum absolute atomic E-state index is 14.9. The Hall–Kier alpha value is -4.81. The van der Waals surface area contributed by atoms with Crippen LogP contribution in [0, 0.1) is 17.8 Å². The summed E-state index contributed by atoms with van der Waals surface area (Å²) in [6.07, 6.45) is -1.30. The van der Waals surface area contributed by atoms with Crippen molar-refractivity contribution in [2.24, 2.45) is 17.8 Å². The standard InChI is InChI=1S/C39H48F3N5O10S/c1-21-7-5-6-8-24-19-38(24,35(50)45-58(53,54)37(4)12-13-37)44-32(48)28-18-25(57-33-27-9-10-29-31(56-16-15-55-29)26(27)11-14-43-33)20-46(28)34(49)30(22(2)17-21)47(36(51)52)23(3)39(40,41)42/h6,8-11,14,21-25,28,30H,5,7,12-13,15-20H2,1-4H3,(H,44,48)(H,45,50)(H,51,52)/b8-6-/t21-,22+,23+,24+,25+,28-,30-,38+/m0/s1. The van der Waals surface area contributed by atoms with Crippen LogP contribution < -0.4 is 24.2 Å². The topological polar surface area (TPSA) is 194 Å². The van der Waals surface area contributed by atoms with Crippen LogP contribution in [0.3, 0.4) is 0 Å². The summed E-state index contributed by atoms with van der Waals surface area (Å²) < 4.78 is 88.3. The van der Waals surface area contributed by atoms with Gasteiger partial charge in [-0.3, -0.25) is 24.0 Å². The van der Waals surface area contributed by atoms with Crippen molar-refractivity contribution in [3.63, 3.8) is 0 Å². The summed E-state index contributed by atoms with van der Waals surface area (Å²) in [5, 5.41) is 14.2. The second-order valence-electron chi connectivity index (χ2n) is 16.6. The molecular weight excluding hydrogens is 788 g/mol. The number of fused-ring (bicyclic) bond motifs is 5. The van der Waals surface area contributed by atoms with Crippen LogP contribution in [0.15, 0.2) is 36.5 Å². The highest BCUT2D eigenvalue weighted by Gasteiger charge is 2.63. The van der Waals surface area contributed by atoms with E-state index < -0.39 is 86.4 Å². The van der Waals surface area contributed by atoms with Crippen molar-refractivity contribution in [3.8, 4) is 17.4 Å². The fraction of sp³-hybridized carbons (Fsp3) is 0.615. The Bertz CT molecular complexity index is 2130. The SMILES string of the molecule is C[C@H]1CC/C=C\[C@@H]2C[C@@]2(C(=O)NS(=O)(=O)C2(C)CC2)NC(=O)[C@@H]2C[C@@H](Oc3nccc4c5c(ccc34)OCCO5)CN2C(=O)[C@@H](N(C(=O)O)[C@H](C)C(F)(F)F)[C@H](C)C1. The molecule has 1 aromatic carbocycles. The number of aromatic nitrogens is 1. The number of halogens is 3. The van der Waals surface area contributed by atoms with Gasteiger partial charge in [-0.2, -0.15) is 13.2 Å². The number of alkyl halides is 3. The van der Waals surface area contributed by atoms with E-state index in [2.05, 4.69) is 15.0 Å². The lowest BCUT2D eigenvalue weighted by atomic mass is 9.86. The van der Waals surface area contributed by atoms with Crippen LogP contribution in [0.5, 0.6) is 17.4 Å². The summed E-state index contributed by atoms with van der Waals surface area (Å²) in [6.45, 7) is 5.86. The number of carboxylic acid groups (broad SMARTS) is 1. The quantitative estimate of drug-likeness (QED) is 0.332. The van der Waals surface area contributed by atoms with E-state index >= 15 is 0 Å². The molecule has 7 rings (SSSR count). The Morgan fingerprint density at radius 3 is 2.53 bits per heavy atom. The molecule has 58 heavy (non-hydrogen) atoms. The van der Waals surface area contributed by atoms with E-state index in [9.17, 15) is 45.9 Å². The number of amides is 4. The largest absolute Gasteiger partial charge is 0.486 e. The van der Waals surface area contributed by atoms with E-state index in [-0.39, 0.29) is 42.5 Å². The number of pyridine rings is 1. The molecule has 2 aromatic rings. The third kappa shape index (κ3) is 7.73. The van der Waals surface area contributed by atoms with Gasteiger partial charge >= 0.3 is 12.3 Å². The van der Waals surface area contributed by atoms with E-state index in [1.165, 1.54) is 20.0 Å².